The van der Waals surface area contributed by atoms with E-state index in [4.69, 9.17) is 0 Å². The number of hydrogen-bond donors (Lipinski definition) is 0. The third-order valence-electron chi connectivity index (χ3n) is 2.97. The number of nitrogens with zero attached hydrogens (tertiary/aromatic N) is 1. The average Bonchev–Trinajstić information content (AvgIpc) is 2.46. The van der Waals surface area contributed by atoms with Gasteiger partial charge in [-0.3, -0.25) is 4.79 Å². The van der Waals surface area contributed by atoms with Crippen molar-refractivity contribution in [3.05, 3.63) is 65.7 Å². The van der Waals surface area contributed by atoms with Crippen LogP contribution in [-0.4, -0.2) is 20.4 Å². The molecule has 0 aliphatic heterocycles. The maximum absolute atomic E-state index is 11.2. The lowest BCUT2D eigenvalue weighted by Gasteiger charge is -2.12. The van der Waals surface area contributed by atoms with Crippen molar-refractivity contribution >= 4 is 23.6 Å². The summed E-state index contributed by atoms with van der Waals surface area (Å²) in [5, 5.41) is 0. The molecule has 0 fully saturated rings. The van der Waals surface area contributed by atoms with E-state index in [2.05, 4.69) is 0 Å². The minimum atomic E-state index is 0.693. The number of anilines is 1. The molecule has 0 amide bonds. The second kappa shape index (κ2) is 6.01. The summed E-state index contributed by atoms with van der Waals surface area (Å²) >= 11 is 0. The van der Waals surface area contributed by atoms with Crippen LogP contribution in [0.2, 0.25) is 0 Å². The molecule has 2 aromatic rings. The average molecular weight is 251 g/mol. The van der Waals surface area contributed by atoms with Crippen molar-refractivity contribution < 1.29 is 4.79 Å². The van der Waals surface area contributed by atoms with Gasteiger partial charge in [-0.1, -0.05) is 42.5 Å². The highest BCUT2D eigenvalue weighted by atomic mass is 16.1. The zero-order valence-corrected chi connectivity index (χ0v) is 11.2. The first kappa shape index (κ1) is 13.1. The van der Waals surface area contributed by atoms with Crippen LogP contribution in [0.1, 0.15) is 11.1 Å². The smallest absolute Gasteiger partial charge is 0.150 e. The Hall–Kier alpha value is -2.35. The van der Waals surface area contributed by atoms with Gasteiger partial charge in [-0.25, -0.2) is 0 Å². The third-order valence-corrected chi connectivity index (χ3v) is 2.97. The first-order valence-corrected chi connectivity index (χ1v) is 6.20. The van der Waals surface area contributed by atoms with Gasteiger partial charge in [-0.15, -0.1) is 0 Å². The van der Waals surface area contributed by atoms with Crippen molar-refractivity contribution in [2.24, 2.45) is 0 Å². The van der Waals surface area contributed by atoms with Crippen LogP contribution in [0.4, 0.5) is 5.69 Å². The summed E-state index contributed by atoms with van der Waals surface area (Å²) in [5.74, 6) is 0. The van der Waals surface area contributed by atoms with Crippen molar-refractivity contribution in [1.29, 1.82) is 0 Å². The van der Waals surface area contributed by atoms with Gasteiger partial charge in [0.15, 0.2) is 6.29 Å². The van der Waals surface area contributed by atoms with Crippen LogP contribution in [0.25, 0.3) is 11.6 Å². The molecule has 2 rings (SSSR count). The Balaban J connectivity index is 2.30. The van der Waals surface area contributed by atoms with E-state index in [0.717, 1.165) is 23.1 Å². The molecule has 0 bridgehead atoms. The molecule has 96 valence electrons. The van der Waals surface area contributed by atoms with Crippen LogP contribution >= 0.6 is 0 Å². The van der Waals surface area contributed by atoms with Gasteiger partial charge in [0.2, 0.25) is 0 Å². The number of carbonyl (C=O) groups excluding carboxylic acids is 1. The summed E-state index contributed by atoms with van der Waals surface area (Å²) in [6, 6.07) is 17.8. The van der Waals surface area contributed by atoms with Crippen molar-refractivity contribution in [1.82, 2.24) is 0 Å². The lowest BCUT2D eigenvalue weighted by Crippen LogP contribution is -2.07. The van der Waals surface area contributed by atoms with E-state index < -0.39 is 0 Å². The van der Waals surface area contributed by atoms with E-state index in [9.17, 15) is 4.79 Å². The van der Waals surface area contributed by atoms with Crippen molar-refractivity contribution in [2.45, 2.75) is 0 Å². The van der Waals surface area contributed by atoms with Gasteiger partial charge in [0.05, 0.1) is 0 Å². The van der Waals surface area contributed by atoms with Gasteiger partial charge in [0, 0.05) is 25.4 Å². The standard InChI is InChI=1S/C17H17NO/c1-18(2)17-10-8-14(9-11-17)12-16(13-19)15-6-4-3-5-7-15/h3-13H,1-2H3. The van der Waals surface area contributed by atoms with E-state index in [1.807, 2.05) is 79.7 Å². The highest BCUT2D eigenvalue weighted by Crippen LogP contribution is 2.18. The molecule has 0 atom stereocenters. The highest BCUT2D eigenvalue weighted by Gasteiger charge is 2.00. The Bertz CT molecular complexity index is 568. The molecule has 2 nitrogen and oxygen atoms in total. The number of benzene rings is 2. The Kier molecular flexibility index (Phi) is 4.14. The molecule has 0 aromatic heterocycles. The van der Waals surface area contributed by atoms with E-state index in [1.54, 1.807) is 0 Å². The molecule has 0 N–H and O–H groups in total. The second-order valence-corrected chi connectivity index (χ2v) is 4.57. The minimum absolute atomic E-state index is 0.693. The molecule has 0 unspecified atom stereocenters. The summed E-state index contributed by atoms with van der Waals surface area (Å²) in [6.07, 6.45) is 2.80. The molecule has 2 heteroatoms. The van der Waals surface area contributed by atoms with Crippen molar-refractivity contribution in [3.8, 4) is 0 Å². The summed E-state index contributed by atoms with van der Waals surface area (Å²) in [4.78, 5) is 13.3. The fraction of sp³-hybridized carbons (Fsp3) is 0.118. The lowest BCUT2D eigenvalue weighted by molar-refractivity contribution is -0.103. The predicted molar refractivity (Wildman–Crippen MR) is 81.1 cm³/mol. The van der Waals surface area contributed by atoms with Gasteiger partial charge in [0.1, 0.15) is 0 Å². The second-order valence-electron chi connectivity index (χ2n) is 4.57. The van der Waals surface area contributed by atoms with Crippen LogP contribution in [0, 0.1) is 0 Å². The topological polar surface area (TPSA) is 20.3 Å². The predicted octanol–water partition coefficient (Wildman–Crippen LogP) is 3.49. The molecule has 0 radical (unpaired) electrons. The summed E-state index contributed by atoms with van der Waals surface area (Å²) < 4.78 is 0. The normalized spacial score (nSPS) is 11.2. The zero-order valence-electron chi connectivity index (χ0n) is 11.2. The quantitative estimate of drug-likeness (QED) is 0.471. The number of aldehydes is 1. The molecular formula is C17H17NO. The number of carbonyl (C=O) groups is 1. The SMILES string of the molecule is CN(C)c1ccc(C=C(C=O)c2ccccc2)cc1. The Morgan fingerprint density at radius 1 is 0.947 bits per heavy atom. The van der Waals surface area contributed by atoms with Crippen LogP contribution in [-0.2, 0) is 4.79 Å². The summed E-state index contributed by atoms with van der Waals surface area (Å²) in [5.41, 5.74) is 3.80. The molecule has 0 saturated heterocycles. The highest BCUT2D eigenvalue weighted by molar-refractivity contribution is 6.13. The zero-order chi connectivity index (χ0) is 13.7. The van der Waals surface area contributed by atoms with Gasteiger partial charge in [-0.2, -0.15) is 0 Å². The fourth-order valence-electron chi connectivity index (χ4n) is 1.86. The Labute approximate surface area is 114 Å². The molecule has 0 spiro atoms. The summed E-state index contributed by atoms with van der Waals surface area (Å²) in [6.45, 7) is 0. The molecule has 0 aliphatic carbocycles. The van der Waals surface area contributed by atoms with Gasteiger partial charge >= 0.3 is 0 Å². The fourth-order valence-corrected chi connectivity index (χ4v) is 1.86. The maximum atomic E-state index is 11.2. The van der Waals surface area contributed by atoms with Gasteiger partial charge in [-0.05, 0) is 29.3 Å². The molecular weight excluding hydrogens is 234 g/mol. The molecule has 0 heterocycles. The molecule has 2 aromatic carbocycles. The monoisotopic (exact) mass is 251 g/mol. The van der Waals surface area contributed by atoms with E-state index in [-0.39, 0.29) is 0 Å². The summed E-state index contributed by atoms with van der Waals surface area (Å²) in [7, 11) is 4.01. The Morgan fingerprint density at radius 3 is 2.11 bits per heavy atom. The number of hydrogen-bond acceptors (Lipinski definition) is 2. The first-order valence-electron chi connectivity index (χ1n) is 6.20. The van der Waals surface area contributed by atoms with E-state index in [1.165, 1.54) is 0 Å². The largest absolute Gasteiger partial charge is 0.378 e. The Morgan fingerprint density at radius 2 is 1.58 bits per heavy atom. The molecule has 19 heavy (non-hydrogen) atoms. The van der Waals surface area contributed by atoms with E-state index in [0.29, 0.717) is 5.57 Å². The number of rotatable bonds is 4. The minimum Gasteiger partial charge on any atom is -0.378 e. The first-order chi connectivity index (χ1) is 9.20. The van der Waals surface area contributed by atoms with Crippen LogP contribution in [0.3, 0.4) is 0 Å². The lowest BCUT2D eigenvalue weighted by atomic mass is 10.0. The van der Waals surface area contributed by atoms with Gasteiger partial charge < -0.3 is 4.90 Å². The number of allylic oxidation sites excluding steroid dienone is 1. The molecule has 0 aliphatic rings. The molecule has 0 saturated carbocycles. The van der Waals surface area contributed by atoms with Crippen LogP contribution in [0.5, 0.6) is 0 Å². The van der Waals surface area contributed by atoms with E-state index >= 15 is 0 Å². The van der Waals surface area contributed by atoms with Crippen molar-refractivity contribution in [3.63, 3.8) is 0 Å². The maximum Gasteiger partial charge on any atom is 0.150 e. The third kappa shape index (κ3) is 3.32. The van der Waals surface area contributed by atoms with Crippen LogP contribution < -0.4 is 4.90 Å². The van der Waals surface area contributed by atoms with Gasteiger partial charge in [0.25, 0.3) is 0 Å². The van der Waals surface area contributed by atoms with Crippen LogP contribution in [0.15, 0.2) is 54.6 Å². The van der Waals surface area contributed by atoms with Crippen molar-refractivity contribution in [2.75, 3.05) is 19.0 Å².